The lowest BCUT2D eigenvalue weighted by atomic mass is 9.85. The Kier molecular flexibility index (Phi) is 4.87. The molecule has 140 valence electrons. The van der Waals surface area contributed by atoms with Gasteiger partial charge in [-0.2, -0.15) is 0 Å². The van der Waals surface area contributed by atoms with E-state index in [-0.39, 0.29) is 0 Å². The van der Waals surface area contributed by atoms with E-state index >= 15 is 0 Å². The van der Waals surface area contributed by atoms with Gasteiger partial charge in [-0.15, -0.1) is 11.5 Å². The SMILES string of the molecule is CC1(C)OC(=O)C([C@@H](C#C[Si](C)(C)C)c2ccc3ccccc3c2)C(=O)O1. The summed E-state index contributed by atoms with van der Waals surface area (Å²) in [6.07, 6.45) is 0. The van der Waals surface area contributed by atoms with E-state index in [0.29, 0.717) is 0 Å². The molecule has 1 aliphatic rings. The van der Waals surface area contributed by atoms with Crippen molar-refractivity contribution in [3.8, 4) is 11.5 Å². The summed E-state index contributed by atoms with van der Waals surface area (Å²) >= 11 is 0. The molecule has 0 spiro atoms. The van der Waals surface area contributed by atoms with Crippen LogP contribution in [0.3, 0.4) is 0 Å². The molecule has 0 unspecified atom stereocenters. The number of hydrogen-bond donors (Lipinski definition) is 0. The predicted octanol–water partition coefficient (Wildman–Crippen LogP) is 4.26. The van der Waals surface area contributed by atoms with Gasteiger partial charge in [-0.25, -0.2) is 0 Å². The molecule has 3 rings (SSSR count). The van der Waals surface area contributed by atoms with Gasteiger partial charge >= 0.3 is 11.9 Å². The summed E-state index contributed by atoms with van der Waals surface area (Å²) in [5, 5.41) is 2.13. The van der Waals surface area contributed by atoms with Crippen LogP contribution >= 0.6 is 0 Å². The third kappa shape index (κ3) is 4.40. The van der Waals surface area contributed by atoms with Gasteiger partial charge in [-0.3, -0.25) is 9.59 Å². The van der Waals surface area contributed by atoms with Gasteiger partial charge < -0.3 is 9.47 Å². The van der Waals surface area contributed by atoms with Crippen molar-refractivity contribution in [1.29, 1.82) is 0 Å². The molecular formula is C22H24O4Si. The van der Waals surface area contributed by atoms with Crippen molar-refractivity contribution < 1.29 is 19.1 Å². The molecule has 0 radical (unpaired) electrons. The summed E-state index contributed by atoms with van der Waals surface area (Å²) in [5.74, 6) is -0.885. The zero-order chi connectivity index (χ0) is 19.8. The maximum atomic E-state index is 12.6. The van der Waals surface area contributed by atoms with Crippen LogP contribution in [0.1, 0.15) is 25.3 Å². The minimum absolute atomic E-state index is 0.584. The van der Waals surface area contributed by atoms with Crippen molar-refractivity contribution in [2.45, 2.75) is 45.2 Å². The first-order chi connectivity index (χ1) is 12.6. The molecule has 2 aromatic carbocycles. The van der Waals surface area contributed by atoms with Crippen molar-refractivity contribution in [2.75, 3.05) is 0 Å². The normalized spacial score (nSPS) is 18.3. The zero-order valence-electron chi connectivity index (χ0n) is 16.3. The summed E-state index contributed by atoms with van der Waals surface area (Å²) in [6.45, 7) is 9.48. The molecule has 0 aromatic heterocycles. The molecule has 0 amide bonds. The first-order valence-corrected chi connectivity index (χ1v) is 12.5. The van der Waals surface area contributed by atoms with Crippen molar-refractivity contribution >= 4 is 30.8 Å². The highest BCUT2D eigenvalue weighted by atomic mass is 28.3. The molecule has 1 saturated heterocycles. The molecule has 4 nitrogen and oxygen atoms in total. The molecule has 1 fully saturated rings. The third-order valence-electron chi connectivity index (χ3n) is 4.27. The fourth-order valence-electron chi connectivity index (χ4n) is 3.06. The minimum Gasteiger partial charge on any atom is -0.422 e. The number of ether oxygens (including phenoxy) is 2. The average Bonchev–Trinajstić information content (AvgIpc) is 2.55. The van der Waals surface area contributed by atoms with Gasteiger partial charge in [0, 0.05) is 13.8 Å². The van der Waals surface area contributed by atoms with Gasteiger partial charge in [0.05, 0.1) is 5.92 Å². The number of benzene rings is 2. The van der Waals surface area contributed by atoms with Gasteiger partial charge in [0.1, 0.15) is 8.07 Å². The van der Waals surface area contributed by atoms with Crippen LogP contribution in [-0.2, 0) is 19.1 Å². The number of rotatable bonds is 2. The van der Waals surface area contributed by atoms with Crippen LogP contribution in [0.4, 0.5) is 0 Å². The first-order valence-electron chi connectivity index (χ1n) is 9.03. The van der Waals surface area contributed by atoms with Crippen molar-refractivity contribution in [3.63, 3.8) is 0 Å². The fraction of sp³-hybridized carbons (Fsp3) is 0.364. The second kappa shape index (κ2) is 6.86. The van der Waals surface area contributed by atoms with E-state index in [2.05, 4.69) is 31.1 Å². The van der Waals surface area contributed by atoms with E-state index < -0.39 is 37.6 Å². The first kappa shape index (κ1) is 19.2. The standard InChI is InChI=1S/C22H24O4Si/c1-22(2)25-20(23)19(21(24)26-22)18(12-13-27(3,4)5)17-11-10-15-8-6-7-9-16(15)14-17/h6-11,14,18-19H,1-5H3/t18-/m0/s1. The van der Waals surface area contributed by atoms with Crippen LogP contribution < -0.4 is 0 Å². The Bertz CT molecular complexity index is 939. The van der Waals surface area contributed by atoms with E-state index in [1.54, 1.807) is 13.8 Å². The highest BCUT2D eigenvalue weighted by Gasteiger charge is 2.47. The smallest absolute Gasteiger partial charge is 0.325 e. The Morgan fingerprint density at radius 1 is 0.963 bits per heavy atom. The Balaban J connectivity index is 2.09. The van der Waals surface area contributed by atoms with Crippen LogP contribution in [0.5, 0.6) is 0 Å². The Morgan fingerprint density at radius 3 is 2.15 bits per heavy atom. The topological polar surface area (TPSA) is 52.6 Å². The van der Waals surface area contributed by atoms with Crippen LogP contribution in [0.2, 0.25) is 19.6 Å². The quantitative estimate of drug-likeness (QED) is 0.338. The number of cyclic esters (lactones) is 2. The summed E-state index contributed by atoms with van der Waals surface area (Å²) in [4.78, 5) is 25.3. The Morgan fingerprint density at radius 2 is 1.56 bits per heavy atom. The lowest BCUT2D eigenvalue weighted by molar-refractivity contribution is -0.240. The molecule has 0 bridgehead atoms. The van der Waals surface area contributed by atoms with E-state index in [0.717, 1.165) is 16.3 Å². The lowest BCUT2D eigenvalue weighted by Crippen LogP contribution is -2.48. The summed E-state index contributed by atoms with van der Waals surface area (Å²) in [7, 11) is -1.71. The lowest BCUT2D eigenvalue weighted by Gasteiger charge is -2.34. The number of carbonyl (C=O) groups is 2. The minimum atomic E-state index is -1.71. The van der Waals surface area contributed by atoms with E-state index in [4.69, 9.17) is 9.47 Å². The number of fused-ring (bicyclic) bond motifs is 1. The Labute approximate surface area is 160 Å². The molecule has 1 heterocycles. The monoisotopic (exact) mass is 380 g/mol. The molecule has 1 aliphatic heterocycles. The Hall–Kier alpha value is -2.58. The van der Waals surface area contributed by atoms with Crippen molar-refractivity contribution in [2.24, 2.45) is 5.92 Å². The molecule has 5 heteroatoms. The number of esters is 2. The maximum Gasteiger partial charge on any atom is 0.325 e. The van der Waals surface area contributed by atoms with E-state index in [1.807, 2.05) is 42.5 Å². The highest BCUT2D eigenvalue weighted by Crippen LogP contribution is 2.34. The maximum absolute atomic E-state index is 12.6. The number of hydrogen-bond acceptors (Lipinski definition) is 4. The molecule has 2 aromatic rings. The zero-order valence-corrected chi connectivity index (χ0v) is 17.3. The molecule has 27 heavy (non-hydrogen) atoms. The molecular weight excluding hydrogens is 356 g/mol. The second-order valence-corrected chi connectivity index (χ2v) is 13.1. The van der Waals surface area contributed by atoms with Gasteiger partial charge in [0.2, 0.25) is 0 Å². The van der Waals surface area contributed by atoms with Crippen molar-refractivity contribution in [1.82, 2.24) is 0 Å². The van der Waals surface area contributed by atoms with Crippen LogP contribution in [0, 0.1) is 17.4 Å². The van der Waals surface area contributed by atoms with Crippen molar-refractivity contribution in [3.05, 3.63) is 48.0 Å². The largest absolute Gasteiger partial charge is 0.422 e. The molecule has 1 atom stereocenters. The van der Waals surface area contributed by atoms with Gasteiger partial charge in [-0.05, 0) is 22.4 Å². The second-order valence-electron chi connectivity index (χ2n) is 8.32. The van der Waals surface area contributed by atoms with Crippen LogP contribution in [0.25, 0.3) is 10.8 Å². The summed E-state index contributed by atoms with van der Waals surface area (Å²) in [5.41, 5.74) is 4.12. The average molecular weight is 381 g/mol. The third-order valence-corrected chi connectivity index (χ3v) is 5.16. The van der Waals surface area contributed by atoms with Gasteiger partial charge in [0.15, 0.2) is 5.92 Å². The highest BCUT2D eigenvalue weighted by molar-refractivity contribution is 6.83. The van der Waals surface area contributed by atoms with Crippen LogP contribution in [-0.4, -0.2) is 25.8 Å². The molecule has 0 aliphatic carbocycles. The summed E-state index contributed by atoms with van der Waals surface area (Å²) in [6, 6.07) is 13.8. The predicted molar refractivity (Wildman–Crippen MR) is 108 cm³/mol. The van der Waals surface area contributed by atoms with Gasteiger partial charge in [0.25, 0.3) is 5.79 Å². The molecule has 0 saturated carbocycles. The molecule has 0 N–H and O–H groups in total. The fourth-order valence-corrected chi connectivity index (χ4v) is 3.64. The van der Waals surface area contributed by atoms with E-state index in [1.165, 1.54) is 0 Å². The van der Waals surface area contributed by atoms with Gasteiger partial charge in [-0.1, -0.05) is 56.0 Å². The number of carbonyl (C=O) groups excluding carboxylic acids is 2. The summed E-state index contributed by atoms with van der Waals surface area (Å²) < 4.78 is 10.7. The van der Waals surface area contributed by atoms with Crippen LogP contribution in [0.15, 0.2) is 42.5 Å². The van der Waals surface area contributed by atoms with E-state index in [9.17, 15) is 9.59 Å².